The van der Waals surface area contributed by atoms with Crippen LogP contribution in [-0.4, -0.2) is 37.2 Å². The number of piperazine rings is 1. The van der Waals surface area contributed by atoms with Crippen LogP contribution in [0.15, 0.2) is 22.7 Å². The van der Waals surface area contributed by atoms with Crippen LogP contribution in [0.5, 0.6) is 5.75 Å². The quantitative estimate of drug-likeness (QED) is 0.923. The average molecular weight is 297 g/mol. The van der Waals surface area contributed by atoms with Gasteiger partial charge in [-0.1, -0.05) is 22.0 Å². The van der Waals surface area contributed by atoms with Crippen LogP contribution >= 0.6 is 15.9 Å². The van der Waals surface area contributed by atoms with E-state index in [2.05, 4.69) is 38.3 Å². The Morgan fingerprint density at radius 3 is 3.06 bits per heavy atom. The summed E-state index contributed by atoms with van der Waals surface area (Å²) in [4.78, 5) is 2.56. The summed E-state index contributed by atoms with van der Waals surface area (Å²) in [5.41, 5.74) is 1.28. The number of benzene rings is 1. The Kier molecular flexibility index (Phi) is 3.11. The van der Waals surface area contributed by atoms with E-state index >= 15 is 0 Å². The van der Waals surface area contributed by atoms with Gasteiger partial charge in [0.15, 0.2) is 0 Å². The SMILES string of the molecule is COc1cc(Br)ccc1CN1C[C@H]2C[C@@H]1CN2. The fraction of sp³-hybridized carbons (Fsp3) is 0.538. The van der Waals surface area contributed by atoms with Crippen molar-refractivity contribution < 1.29 is 4.74 Å². The second-order valence-electron chi connectivity index (χ2n) is 4.88. The van der Waals surface area contributed by atoms with Crippen LogP contribution in [0.1, 0.15) is 12.0 Å². The Balaban J connectivity index is 1.76. The maximum absolute atomic E-state index is 5.44. The molecule has 92 valence electrons. The Morgan fingerprint density at radius 1 is 1.53 bits per heavy atom. The van der Waals surface area contributed by atoms with E-state index in [1.165, 1.54) is 18.5 Å². The van der Waals surface area contributed by atoms with E-state index in [1.807, 2.05) is 6.07 Å². The van der Waals surface area contributed by atoms with Gasteiger partial charge in [0.1, 0.15) is 5.75 Å². The molecule has 0 aromatic heterocycles. The fourth-order valence-electron chi connectivity index (χ4n) is 2.91. The molecule has 0 spiro atoms. The largest absolute Gasteiger partial charge is 0.496 e. The van der Waals surface area contributed by atoms with Gasteiger partial charge in [0.25, 0.3) is 0 Å². The van der Waals surface area contributed by atoms with Crippen molar-refractivity contribution in [2.75, 3.05) is 20.2 Å². The van der Waals surface area contributed by atoms with E-state index in [0.717, 1.165) is 23.3 Å². The number of nitrogens with one attached hydrogen (secondary N) is 1. The molecule has 4 heteroatoms. The Bertz CT molecular complexity index is 424. The third kappa shape index (κ3) is 2.21. The first-order valence-corrected chi connectivity index (χ1v) is 6.85. The molecule has 3 nitrogen and oxygen atoms in total. The average Bonchev–Trinajstić information content (AvgIpc) is 2.93. The number of nitrogens with zero attached hydrogens (tertiary/aromatic N) is 1. The number of fused-ring (bicyclic) bond motifs is 2. The molecule has 17 heavy (non-hydrogen) atoms. The third-order valence-corrected chi connectivity index (χ3v) is 4.29. The molecule has 2 fully saturated rings. The first kappa shape index (κ1) is 11.5. The molecule has 0 amide bonds. The van der Waals surface area contributed by atoms with Gasteiger partial charge in [-0.25, -0.2) is 0 Å². The van der Waals surface area contributed by atoms with Gasteiger partial charge in [-0.15, -0.1) is 0 Å². The molecule has 1 aromatic rings. The summed E-state index contributed by atoms with van der Waals surface area (Å²) in [6.45, 7) is 3.31. The zero-order valence-electron chi connectivity index (χ0n) is 9.95. The Hall–Kier alpha value is -0.580. The summed E-state index contributed by atoms with van der Waals surface area (Å²) in [6.07, 6.45) is 1.30. The molecule has 1 N–H and O–H groups in total. The van der Waals surface area contributed by atoms with Gasteiger partial charge in [0, 0.05) is 41.8 Å². The van der Waals surface area contributed by atoms with Crippen LogP contribution in [0, 0.1) is 0 Å². The molecule has 2 aliphatic heterocycles. The molecule has 0 aliphatic carbocycles. The number of ether oxygens (including phenoxy) is 1. The van der Waals surface area contributed by atoms with Gasteiger partial charge >= 0.3 is 0 Å². The number of rotatable bonds is 3. The molecule has 3 rings (SSSR count). The molecule has 0 radical (unpaired) electrons. The molecule has 1 aromatic carbocycles. The van der Waals surface area contributed by atoms with E-state index < -0.39 is 0 Å². The number of halogens is 1. The van der Waals surface area contributed by atoms with E-state index in [4.69, 9.17) is 4.74 Å². The van der Waals surface area contributed by atoms with Crippen molar-refractivity contribution in [3.63, 3.8) is 0 Å². The summed E-state index contributed by atoms with van der Waals surface area (Å²) in [5.74, 6) is 0.982. The highest BCUT2D eigenvalue weighted by Gasteiger charge is 2.37. The minimum Gasteiger partial charge on any atom is -0.496 e. The van der Waals surface area contributed by atoms with Gasteiger partial charge in [0.05, 0.1) is 7.11 Å². The first-order chi connectivity index (χ1) is 8.26. The highest BCUT2D eigenvalue weighted by atomic mass is 79.9. The summed E-state index contributed by atoms with van der Waals surface area (Å²) < 4.78 is 6.52. The lowest BCUT2D eigenvalue weighted by Crippen LogP contribution is -2.43. The van der Waals surface area contributed by atoms with Gasteiger partial charge in [-0.05, 0) is 18.6 Å². The van der Waals surface area contributed by atoms with Gasteiger partial charge < -0.3 is 10.1 Å². The molecule has 0 saturated carbocycles. The smallest absolute Gasteiger partial charge is 0.124 e. The lowest BCUT2D eigenvalue weighted by Gasteiger charge is -2.27. The zero-order chi connectivity index (χ0) is 11.8. The van der Waals surface area contributed by atoms with E-state index in [9.17, 15) is 0 Å². The monoisotopic (exact) mass is 296 g/mol. The van der Waals surface area contributed by atoms with Crippen LogP contribution < -0.4 is 10.1 Å². The predicted octanol–water partition coefficient (Wildman–Crippen LogP) is 2.00. The predicted molar refractivity (Wildman–Crippen MR) is 71.3 cm³/mol. The van der Waals surface area contributed by atoms with Gasteiger partial charge in [-0.2, -0.15) is 0 Å². The highest BCUT2D eigenvalue weighted by Crippen LogP contribution is 2.29. The van der Waals surface area contributed by atoms with Gasteiger partial charge in [-0.3, -0.25) is 4.90 Å². The second kappa shape index (κ2) is 4.59. The van der Waals surface area contributed by atoms with Crippen molar-refractivity contribution in [2.45, 2.75) is 25.0 Å². The van der Waals surface area contributed by atoms with E-state index in [0.29, 0.717) is 12.1 Å². The number of methoxy groups -OCH3 is 1. The molecular formula is C13H17BrN2O. The molecule has 2 heterocycles. The number of likely N-dealkylation sites (tertiary alicyclic amines) is 1. The molecular weight excluding hydrogens is 280 g/mol. The van der Waals surface area contributed by atoms with Crippen molar-refractivity contribution in [1.82, 2.24) is 10.2 Å². The van der Waals surface area contributed by atoms with Crippen molar-refractivity contribution in [3.05, 3.63) is 28.2 Å². The fourth-order valence-corrected chi connectivity index (χ4v) is 3.25. The minimum atomic E-state index is 0.710. The standard InChI is InChI=1S/C13H17BrN2O/c1-17-13-4-10(14)3-2-9(13)7-16-8-11-5-12(16)6-15-11/h2-4,11-12,15H,5-8H2,1H3/t11-,12-/m1/s1. The molecule has 0 unspecified atom stereocenters. The van der Waals surface area contributed by atoms with Crippen LogP contribution in [0.3, 0.4) is 0 Å². The summed E-state index contributed by atoms with van der Waals surface area (Å²) in [5, 5.41) is 3.53. The molecule has 2 saturated heterocycles. The topological polar surface area (TPSA) is 24.5 Å². The maximum atomic E-state index is 5.44. The zero-order valence-corrected chi connectivity index (χ0v) is 11.5. The Morgan fingerprint density at radius 2 is 2.41 bits per heavy atom. The molecule has 2 atom stereocenters. The number of hydrogen-bond acceptors (Lipinski definition) is 3. The van der Waals surface area contributed by atoms with Crippen LogP contribution in [0.4, 0.5) is 0 Å². The lowest BCUT2D eigenvalue weighted by molar-refractivity contribution is 0.215. The Labute approximate surface area is 110 Å². The van der Waals surface area contributed by atoms with Crippen molar-refractivity contribution in [2.24, 2.45) is 0 Å². The third-order valence-electron chi connectivity index (χ3n) is 3.79. The molecule has 2 aliphatic rings. The van der Waals surface area contributed by atoms with Crippen LogP contribution in [0.25, 0.3) is 0 Å². The minimum absolute atomic E-state index is 0.710. The van der Waals surface area contributed by atoms with Crippen molar-refractivity contribution in [3.8, 4) is 5.75 Å². The number of hydrogen-bond donors (Lipinski definition) is 1. The summed E-state index contributed by atoms with van der Waals surface area (Å²) in [7, 11) is 1.74. The summed E-state index contributed by atoms with van der Waals surface area (Å²) in [6, 6.07) is 7.71. The normalized spacial score (nSPS) is 27.6. The van der Waals surface area contributed by atoms with Crippen LogP contribution in [0.2, 0.25) is 0 Å². The van der Waals surface area contributed by atoms with Crippen molar-refractivity contribution >= 4 is 15.9 Å². The van der Waals surface area contributed by atoms with E-state index in [1.54, 1.807) is 7.11 Å². The first-order valence-electron chi connectivity index (χ1n) is 6.06. The van der Waals surface area contributed by atoms with Crippen LogP contribution in [-0.2, 0) is 6.54 Å². The van der Waals surface area contributed by atoms with E-state index in [-0.39, 0.29) is 0 Å². The van der Waals surface area contributed by atoms with Crippen molar-refractivity contribution in [1.29, 1.82) is 0 Å². The summed E-state index contributed by atoms with van der Waals surface area (Å²) >= 11 is 3.48. The maximum Gasteiger partial charge on any atom is 0.124 e. The lowest BCUT2D eigenvalue weighted by atomic mass is 10.1. The molecule has 2 bridgehead atoms. The second-order valence-corrected chi connectivity index (χ2v) is 5.80. The highest BCUT2D eigenvalue weighted by molar-refractivity contribution is 9.10. The van der Waals surface area contributed by atoms with Gasteiger partial charge in [0.2, 0.25) is 0 Å².